The Morgan fingerprint density at radius 3 is 2.67 bits per heavy atom. The van der Waals surface area contributed by atoms with Crippen LogP contribution in [0.2, 0.25) is 0 Å². The molecule has 3 radical (unpaired) electrons. The predicted molar refractivity (Wildman–Crippen MR) is 54.8 cm³/mol. The summed E-state index contributed by atoms with van der Waals surface area (Å²) in [6.45, 7) is 2.17. The van der Waals surface area contributed by atoms with Gasteiger partial charge in [-0.05, 0) is 17.2 Å². The van der Waals surface area contributed by atoms with Crippen LogP contribution in [0.1, 0.15) is 24.4 Å². The normalized spacial score (nSPS) is 12.6. The van der Waals surface area contributed by atoms with Crippen LogP contribution in [0.4, 0.5) is 5.69 Å². The Morgan fingerprint density at radius 1 is 1.42 bits per heavy atom. The van der Waals surface area contributed by atoms with Gasteiger partial charge in [0.15, 0.2) is 0 Å². The van der Waals surface area contributed by atoms with E-state index in [1.165, 1.54) is 11.3 Å². The minimum atomic E-state index is 0.452. The number of anilines is 1. The second-order valence-corrected chi connectivity index (χ2v) is 3.50. The van der Waals surface area contributed by atoms with Crippen LogP contribution in [-0.2, 0) is 0 Å². The van der Waals surface area contributed by atoms with Gasteiger partial charge in [0.1, 0.15) is 0 Å². The highest BCUT2D eigenvalue weighted by Crippen LogP contribution is 2.23. The molecular formula is C10H14NSi. The average molecular weight is 176 g/mol. The molecule has 2 heteroatoms. The highest BCUT2D eigenvalue weighted by Gasteiger charge is 2.06. The lowest BCUT2D eigenvalue weighted by molar-refractivity contribution is 0.883. The van der Waals surface area contributed by atoms with Gasteiger partial charge in [-0.25, -0.2) is 0 Å². The molecule has 0 bridgehead atoms. The van der Waals surface area contributed by atoms with Crippen molar-refractivity contribution in [1.29, 1.82) is 0 Å². The molecule has 1 aromatic rings. The van der Waals surface area contributed by atoms with E-state index in [9.17, 15) is 0 Å². The van der Waals surface area contributed by atoms with Crippen LogP contribution in [-0.4, -0.2) is 17.3 Å². The van der Waals surface area contributed by atoms with Gasteiger partial charge in [0.05, 0.1) is 0 Å². The summed E-state index contributed by atoms with van der Waals surface area (Å²) >= 11 is 0. The van der Waals surface area contributed by atoms with Crippen LogP contribution < -0.4 is 5.32 Å². The first-order chi connectivity index (χ1) is 5.79. The first-order valence-electron chi connectivity index (χ1n) is 4.27. The van der Waals surface area contributed by atoms with Crippen molar-refractivity contribution in [2.45, 2.75) is 18.9 Å². The third-order valence-corrected chi connectivity index (χ3v) is 2.73. The Bertz CT molecular complexity index is 247. The van der Waals surface area contributed by atoms with Crippen LogP contribution >= 0.6 is 0 Å². The molecule has 1 aromatic carbocycles. The Morgan fingerprint density at radius 2 is 2.08 bits per heavy atom. The van der Waals surface area contributed by atoms with Gasteiger partial charge in [0.2, 0.25) is 0 Å². The van der Waals surface area contributed by atoms with E-state index in [-0.39, 0.29) is 0 Å². The fourth-order valence-corrected chi connectivity index (χ4v) is 1.50. The molecule has 0 fully saturated rings. The second kappa shape index (κ2) is 4.31. The standard InChI is InChI=1S/C10H14NSi/c1-3-10(12)8-6-4-5-7-9(8)11-2/h4-7,10-11H,3H2,1-2H3. The summed E-state index contributed by atoms with van der Waals surface area (Å²) in [6, 6.07) is 8.36. The van der Waals surface area contributed by atoms with E-state index in [0.29, 0.717) is 5.54 Å². The van der Waals surface area contributed by atoms with Crippen molar-refractivity contribution in [2.24, 2.45) is 0 Å². The van der Waals surface area contributed by atoms with Crippen molar-refractivity contribution < 1.29 is 0 Å². The molecule has 0 aliphatic heterocycles. The Balaban J connectivity index is 2.96. The van der Waals surface area contributed by atoms with Crippen LogP contribution in [0.3, 0.4) is 0 Å². The van der Waals surface area contributed by atoms with Crippen LogP contribution in [0.15, 0.2) is 24.3 Å². The zero-order valence-corrected chi connectivity index (χ0v) is 8.59. The quantitative estimate of drug-likeness (QED) is 0.697. The topological polar surface area (TPSA) is 12.0 Å². The van der Waals surface area contributed by atoms with Crippen molar-refractivity contribution in [2.75, 3.05) is 12.4 Å². The van der Waals surface area contributed by atoms with E-state index in [2.05, 4.69) is 40.7 Å². The molecule has 1 rings (SSSR count). The summed E-state index contributed by atoms with van der Waals surface area (Å²) in [6.07, 6.45) is 1.11. The van der Waals surface area contributed by atoms with Crippen LogP contribution in [0.5, 0.6) is 0 Å². The molecule has 12 heavy (non-hydrogen) atoms. The summed E-state index contributed by atoms with van der Waals surface area (Å²) in [5.74, 6) is 0. The van der Waals surface area contributed by atoms with Gasteiger partial charge in [0, 0.05) is 23.0 Å². The van der Waals surface area contributed by atoms with E-state index in [1.807, 2.05) is 13.1 Å². The average Bonchev–Trinajstić information content (AvgIpc) is 2.16. The molecule has 63 valence electrons. The first-order valence-corrected chi connectivity index (χ1v) is 4.85. The Kier molecular flexibility index (Phi) is 3.35. The van der Waals surface area contributed by atoms with E-state index in [0.717, 1.165) is 6.42 Å². The van der Waals surface area contributed by atoms with Crippen molar-refractivity contribution in [3.05, 3.63) is 29.8 Å². The molecular weight excluding hydrogens is 162 g/mol. The van der Waals surface area contributed by atoms with Crippen molar-refractivity contribution in [1.82, 2.24) is 0 Å². The molecule has 0 spiro atoms. The van der Waals surface area contributed by atoms with Gasteiger partial charge < -0.3 is 5.32 Å². The largest absolute Gasteiger partial charge is 0.388 e. The summed E-state index contributed by atoms with van der Waals surface area (Å²) in [5.41, 5.74) is 2.99. The summed E-state index contributed by atoms with van der Waals surface area (Å²) in [5, 5.41) is 3.18. The van der Waals surface area contributed by atoms with E-state index < -0.39 is 0 Å². The number of nitrogens with one attached hydrogen (secondary N) is 1. The van der Waals surface area contributed by atoms with Crippen LogP contribution in [0, 0.1) is 0 Å². The maximum absolute atomic E-state index is 3.69. The van der Waals surface area contributed by atoms with Gasteiger partial charge in [-0.15, -0.1) is 0 Å². The number of benzene rings is 1. The minimum absolute atomic E-state index is 0.452. The summed E-state index contributed by atoms with van der Waals surface area (Å²) in [7, 11) is 5.64. The third kappa shape index (κ3) is 1.88. The SMILES string of the molecule is CCC([Si])c1ccccc1NC. The molecule has 1 nitrogen and oxygen atoms in total. The summed E-state index contributed by atoms with van der Waals surface area (Å²) < 4.78 is 0. The van der Waals surface area contributed by atoms with Gasteiger partial charge in [-0.3, -0.25) is 0 Å². The number of rotatable bonds is 3. The minimum Gasteiger partial charge on any atom is -0.388 e. The van der Waals surface area contributed by atoms with Gasteiger partial charge in [-0.2, -0.15) is 0 Å². The lowest BCUT2D eigenvalue weighted by atomic mass is 10.1. The van der Waals surface area contributed by atoms with Gasteiger partial charge in [-0.1, -0.05) is 31.5 Å². The number of hydrogen-bond acceptors (Lipinski definition) is 1. The van der Waals surface area contributed by atoms with Gasteiger partial charge >= 0.3 is 0 Å². The highest BCUT2D eigenvalue weighted by molar-refractivity contribution is 6.12. The lowest BCUT2D eigenvalue weighted by Gasteiger charge is -2.13. The summed E-state index contributed by atoms with van der Waals surface area (Å²) in [4.78, 5) is 0. The monoisotopic (exact) mass is 176 g/mol. The fourth-order valence-electron chi connectivity index (χ4n) is 1.25. The van der Waals surface area contributed by atoms with E-state index in [1.54, 1.807) is 0 Å². The van der Waals surface area contributed by atoms with E-state index in [4.69, 9.17) is 0 Å². The molecule has 1 unspecified atom stereocenters. The number of hydrogen-bond donors (Lipinski definition) is 1. The zero-order chi connectivity index (χ0) is 8.97. The molecule has 0 saturated carbocycles. The Hall–Kier alpha value is -0.763. The molecule has 0 aliphatic rings. The fraction of sp³-hybridized carbons (Fsp3) is 0.400. The molecule has 1 atom stereocenters. The zero-order valence-electron chi connectivity index (χ0n) is 7.59. The smallest absolute Gasteiger partial charge is 0.0369 e. The number of para-hydroxylation sites is 1. The molecule has 0 amide bonds. The van der Waals surface area contributed by atoms with E-state index >= 15 is 0 Å². The molecule has 0 saturated heterocycles. The first kappa shape index (κ1) is 9.33. The van der Waals surface area contributed by atoms with Crippen molar-refractivity contribution in [3.8, 4) is 0 Å². The third-order valence-electron chi connectivity index (χ3n) is 2.01. The maximum atomic E-state index is 3.69. The molecule has 1 N–H and O–H groups in total. The van der Waals surface area contributed by atoms with Crippen molar-refractivity contribution >= 4 is 15.9 Å². The lowest BCUT2D eigenvalue weighted by Crippen LogP contribution is -2.01. The molecule has 0 aromatic heterocycles. The predicted octanol–water partition coefficient (Wildman–Crippen LogP) is 2.35. The van der Waals surface area contributed by atoms with Crippen molar-refractivity contribution in [3.63, 3.8) is 0 Å². The molecule has 0 heterocycles. The Labute approximate surface area is 77.6 Å². The van der Waals surface area contributed by atoms with Gasteiger partial charge in [0.25, 0.3) is 0 Å². The second-order valence-electron chi connectivity index (χ2n) is 2.80. The highest BCUT2D eigenvalue weighted by atomic mass is 28.1. The maximum Gasteiger partial charge on any atom is 0.0369 e. The molecule has 0 aliphatic carbocycles. The van der Waals surface area contributed by atoms with Crippen LogP contribution in [0.25, 0.3) is 0 Å².